The van der Waals surface area contributed by atoms with Crippen molar-refractivity contribution in [2.45, 2.75) is 0 Å². The first kappa shape index (κ1) is 12.2. The van der Waals surface area contributed by atoms with Gasteiger partial charge in [-0.25, -0.2) is 0 Å². The molecule has 0 saturated heterocycles. The zero-order valence-electron chi connectivity index (χ0n) is 10.0. The van der Waals surface area contributed by atoms with Crippen molar-refractivity contribution < 1.29 is 4.74 Å². The number of benzene rings is 2. The maximum absolute atomic E-state index is 5.97. The van der Waals surface area contributed by atoms with Crippen LogP contribution in [0.4, 0.5) is 5.69 Å². The third kappa shape index (κ3) is 2.49. The fraction of sp³-hybridized carbons (Fsp3) is 0. The van der Waals surface area contributed by atoms with Crippen LogP contribution >= 0.6 is 22.6 Å². The Kier molecular flexibility index (Phi) is 3.25. The molecule has 0 aliphatic carbocycles. The first-order chi connectivity index (χ1) is 9.24. The Morgan fingerprint density at radius 3 is 2.74 bits per heavy atom. The summed E-state index contributed by atoms with van der Waals surface area (Å²) in [6.07, 6.45) is 1.78. The molecule has 0 spiro atoms. The first-order valence-electron chi connectivity index (χ1n) is 5.81. The van der Waals surface area contributed by atoms with Crippen LogP contribution < -0.4 is 10.5 Å². The molecule has 3 aromatic rings. The number of fused-ring (bicyclic) bond motifs is 1. The van der Waals surface area contributed by atoms with Crippen LogP contribution in [-0.2, 0) is 0 Å². The molecule has 0 saturated carbocycles. The quantitative estimate of drug-likeness (QED) is 0.549. The van der Waals surface area contributed by atoms with Crippen LogP contribution in [0.15, 0.2) is 54.7 Å². The molecular weight excluding hydrogens is 351 g/mol. The molecule has 94 valence electrons. The smallest absolute Gasteiger partial charge is 0.140 e. The van der Waals surface area contributed by atoms with E-state index in [1.165, 1.54) is 0 Å². The predicted octanol–water partition coefficient (Wildman–Crippen LogP) is 4.21. The summed E-state index contributed by atoms with van der Waals surface area (Å²) in [5, 5.41) is 0.998. The van der Waals surface area contributed by atoms with Crippen LogP contribution in [0.5, 0.6) is 11.5 Å². The third-order valence-electron chi connectivity index (χ3n) is 2.78. The lowest BCUT2D eigenvalue weighted by Gasteiger charge is -2.10. The van der Waals surface area contributed by atoms with E-state index in [0.717, 1.165) is 31.7 Å². The summed E-state index contributed by atoms with van der Waals surface area (Å²) >= 11 is 2.22. The van der Waals surface area contributed by atoms with Gasteiger partial charge in [-0.2, -0.15) is 0 Å². The number of pyridine rings is 1. The molecule has 0 radical (unpaired) electrons. The van der Waals surface area contributed by atoms with Gasteiger partial charge in [0.1, 0.15) is 11.5 Å². The van der Waals surface area contributed by atoms with Gasteiger partial charge < -0.3 is 10.5 Å². The number of rotatable bonds is 2. The van der Waals surface area contributed by atoms with Crippen molar-refractivity contribution in [1.29, 1.82) is 0 Å². The Morgan fingerprint density at radius 2 is 1.89 bits per heavy atom. The molecule has 2 aromatic carbocycles. The van der Waals surface area contributed by atoms with Crippen LogP contribution in [0.1, 0.15) is 0 Å². The topological polar surface area (TPSA) is 48.1 Å². The van der Waals surface area contributed by atoms with Crippen LogP contribution in [0, 0.1) is 3.57 Å². The summed E-state index contributed by atoms with van der Waals surface area (Å²) in [5.41, 5.74) is 7.40. The molecule has 3 rings (SSSR count). The Morgan fingerprint density at radius 1 is 1.00 bits per heavy atom. The minimum atomic E-state index is 0.733. The first-order valence-corrected chi connectivity index (χ1v) is 6.88. The normalized spacial score (nSPS) is 10.6. The number of anilines is 1. The number of hydrogen-bond acceptors (Lipinski definition) is 3. The summed E-state index contributed by atoms with van der Waals surface area (Å²) in [6.45, 7) is 0. The summed E-state index contributed by atoms with van der Waals surface area (Å²) in [5.74, 6) is 1.60. The zero-order valence-corrected chi connectivity index (χ0v) is 12.2. The van der Waals surface area contributed by atoms with Crippen LogP contribution in [0.2, 0.25) is 0 Å². The van der Waals surface area contributed by atoms with Gasteiger partial charge in [-0.1, -0.05) is 6.07 Å². The number of nitrogens with two attached hydrogens (primary N) is 1. The SMILES string of the molecule is Nc1ccc(Oc2cccc3ncccc23)c(I)c1. The van der Waals surface area contributed by atoms with Crippen LogP contribution in [-0.4, -0.2) is 4.98 Å². The Labute approximate surface area is 124 Å². The summed E-state index contributed by atoms with van der Waals surface area (Å²) in [4.78, 5) is 4.32. The summed E-state index contributed by atoms with van der Waals surface area (Å²) in [6, 6.07) is 15.4. The molecule has 3 nitrogen and oxygen atoms in total. The molecule has 0 fully saturated rings. The van der Waals surface area contributed by atoms with Crippen LogP contribution in [0.25, 0.3) is 10.9 Å². The third-order valence-corrected chi connectivity index (χ3v) is 3.62. The zero-order chi connectivity index (χ0) is 13.2. The van der Waals surface area contributed by atoms with Gasteiger partial charge in [0, 0.05) is 17.3 Å². The highest BCUT2D eigenvalue weighted by Gasteiger charge is 2.06. The van der Waals surface area contributed by atoms with E-state index in [0.29, 0.717) is 0 Å². The molecule has 0 amide bonds. The highest BCUT2D eigenvalue weighted by atomic mass is 127. The molecular formula is C15H11IN2O. The molecule has 0 aliphatic heterocycles. The average Bonchev–Trinajstić information content (AvgIpc) is 2.42. The predicted molar refractivity (Wildman–Crippen MR) is 85.4 cm³/mol. The van der Waals surface area contributed by atoms with E-state index >= 15 is 0 Å². The van der Waals surface area contributed by atoms with Gasteiger partial charge in [0.05, 0.1) is 9.09 Å². The second-order valence-corrected chi connectivity index (χ2v) is 5.28. The second-order valence-electron chi connectivity index (χ2n) is 4.12. The lowest BCUT2D eigenvalue weighted by Crippen LogP contribution is -1.91. The van der Waals surface area contributed by atoms with Gasteiger partial charge in [-0.05, 0) is 65.1 Å². The van der Waals surface area contributed by atoms with E-state index in [1.54, 1.807) is 6.20 Å². The summed E-state index contributed by atoms with van der Waals surface area (Å²) in [7, 11) is 0. The van der Waals surface area contributed by atoms with Gasteiger partial charge in [0.15, 0.2) is 0 Å². The molecule has 0 atom stereocenters. The highest BCUT2D eigenvalue weighted by molar-refractivity contribution is 14.1. The number of nitrogen functional groups attached to an aromatic ring is 1. The van der Waals surface area contributed by atoms with Crippen LogP contribution in [0.3, 0.4) is 0 Å². The van der Waals surface area contributed by atoms with Gasteiger partial charge in [-0.15, -0.1) is 0 Å². The largest absolute Gasteiger partial charge is 0.456 e. The van der Waals surface area contributed by atoms with E-state index in [9.17, 15) is 0 Å². The number of aromatic nitrogens is 1. The molecule has 1 aromatic heterocycles. The molecule has 1 heterocycles. The lowest BCUT2D eigenvalue weighted by atomic mass is 10.2. The highest BCUT2D eigenvalue weighted by Crippen LogP contribution is 2.32. The monoisotopic (exact) mass is 362 g/mol. The summed E-state index contributed by atoms with van der Waals surface area (Å²) < 4.78 is 6.96. The van der Waals surface area contributed by atoms with Crippen molar-refractivity contribution in [1.82, 2.24) is 4.98 Å². The maximum Gasteiger partial charge on any atom is 0.140 e. The van der Waals surface area contributed by atoms with Crippen molar-refractivity contribution in [2.75, 3.05) is 5.73 Å². The number of nitrogens with zero attached hydrogens (tertiary/aromatic N) is 1. The fourth-order valence-corrected chi connectivity index (χ4v) is 2.53. The molecule has 0 aliphatic rings. The minimum absolute atomic E-state index is 0.733. The van der Waals surface area contributed by atoms with Gasteiger partial charge in [-0.3, -0.25) is 4.98 Å². The molecule has 0 unspecified atom stereocenters. The van der Waals surface area contributed by atoms with Crippen molar-refractivity contribution in [3.63, 3.8) is 0 Å². The van der Waals surface area contributed by atoms with Gasteiger partial charge in [0.2, 0.25) is 0 Å². The standard InChI is InChI=1S/C15H11IN2O/c16-12-9-10(17)6-7-15(12)19-14-5-1-4-13-11(14)3-2-8-18-13/h1-9H,17H2. The van der Waals surface area contributed by atoms with E-state index in [2.05, 4.69) is 27.6 Å². The van der Waals surface area contributed by atoms with Gasteiger partial charge >= 0.3 is 0 Å². The molecule has 4 heteroatoms. The Bertz CT molecular complexity index is 738. The maximum atomic E-state index is 5.97. The van der Waals surface area contributed by atoms with E-state index in [1.807, 2.05) is 48.5 Å². The van der Waals surface area contributed by atoms with E-state index in [-0.39, 0.29) is 0 Å². The number of ether oxygens (including phenoxy) is 1. The Balaban J connectivity index is 2.06. The average molecular weight is 362 g/mol. The number of hydrogen-bond donors (Lipinski definition) is 1. The second kappa shape index (κ2) is 5.05. The minimum Gasteiger partial charge on any atom is -0.456 e. The van der Waals surface area contributed by atoms with E-state index < -0.39 is 0 Å². The molecule has 2 N–H and O–H groups in total. The molecule has 0 bridgehead atoms. The number of halogens is 1. The van der Waals surface area contributed by atoms with Crippen molar-refractivity contribution >= 4 is 39.2 Å². The van der Waals surface area contributed by atoms with E-state index in [4.69, 9.17) is 10.5 Å². The van der Waals surface area contributed by atoms with Crippen molar-refractivity contribution in [3.05, 3.63) is 58.3 Å². The van der Waals surface area contributed by atoms with Gasteiger partial charge in [0.25, 0.3) is 0 Å². The lowest BCUT2D eigenvalue weighted by molar-refractivity contribution is 0.485. The molecule has 19 heavy (non-hydrogen) atoms. The fourth-order valence-electron chi connectivity index (χ4n) is 1.88. The van der Waals surface area contributed by atoms with Crippen molar-refractivity contribution in [3.8, 4) is 11.5 Å². The Hall–Kier alpha value is -1.82. The van der Waals surface area contributed by atoms with Crippen molar-refractivity contribution in [2.24, 2.45) is 0 Å².